The van der Waals surface area contributed by atoms with E-state index in [4.69, 9.17) is 0 Å². The van der Waals surface area contributed by atoms with E-state index in [1.54, 1.807) is 6.07 Å². The third-order valence-electron chi connectivity index (χ3n) is 5.34. The lowest BCUT2D eigenvalue weighted by molar-refractivity contribution is -0.121. The van der Waals surface area contributed by atoms with E-state index in [0.717, 1.165) is 43.2 Å². The Hall–Kier alpha value is -2.78. The molecule has 30 heavy (non-hydrogen) atoms. The molecule has 0 radical (unpaired) electrons. The van der Waals surface area contributed by atoms with Crippen molar-refractivity contribution in [2.24, 2.45) is 0 Å². The number of aryl methyl sites for hydroxylation is 1. The second kappa shape index (κ2) is 9.36. The molecule has 3 heterocycles. The number of anilines is 1. The minimum absolute atomic E-state index is 0.0720. The fourth-order valence-electron chi connectivity index (χ4n) is 3.60. The van der Waals surface area contributed by atoms with Gasteiger partial charge in [-0.2, -0.15) is 0 Å². The summed E-state index contributed by atoms with van der Waals surface area (Å²) in [7, 11) is 0. The van der Waals surface area contributed by atoms with Crippen LogP contribution in [0.5, 0.6) is 0 Å². The van der Waals surface area contributed by atoms with Crippen molar-refractivity contribution < 1.29 is 9.18 Å². The van der Waals surface area contributed by atoms with Crippen molar-refractivity contribution in [2.75, 3.05) is 44.2 Å². The highest BCUT2D eigenvalue weighted by atomic mass is 32.1. The molecule has 0 atom stereocenters. The average Bonchev–Trinajstić information content (AvgIpc) is 3.24. The van der Waals surface area contributed by atoms with E-state index in [1.807, 2.05) is 17.5 Å². The van der Waals surface area contributed by atoms with Crippen LogP contribution in [0.15, 0.2) is 46.8 Å². The number of benzene rings is 1. The van der Waals surface area contributed by atoms with Crippen LogP contribution < -0.4 is 15.8 Å². The quantitative estimate of drug-likeness (QED) is 0.622. The standard InChI is InChI=1S/C21H24FN5O2S/c22-16-1-3-17(4-2-16)26-12-10-25(11-13-26)9-7-23-19(28)5-8-27-15-24-20-18(21(27)29)6-14-30-20/h1-4,6,14-15H,5,7-13H2,(H,23,28). The summed E-state index contributed by atoms with van der Waals surface area (Å²) in [6, 6.07) is 8.35. The van der Waals surface area contributed by atoms with Gasteiger partial charge < -0.3 is 10.2 Å². The van der Waals surface area contributed by atoms with E-state index >= 15 is 0 Å². The maximum Gasteiger partial charge on any atom is 0.262 e. The fraction of sp³-hybridized carbons (Fsp3) is 0.381. The van der Waals surface area contributed by atoms with Crippen LogP contribution in [0.25, 0.3) is 10.2 Å². The number of fused-ring (bicyclic) bond motifs is 1. The van der Waals surface area contributed by atoms with Crippen molar-refractivity contribution in [3.05, 3.63) is 58.2 Å². The molecule has 7 nitrogen and oxygen atoms in total. The van der Waals surface area contributed by atoms with Gasteiger partial charge in [0.2, 0.25) is 5.91 Å². The Balaban J connectivity index is 1.17. The molecule has 2 aromatic heterocycles. The lowest BCUT2D eigenvalue weighted by Gasteiger charge is -2.36. The lowest BCUT2D eigenvalue weighted by Crippen LogP contribution is -2.48. The van der Waals surface area contributed by atoms with Gasteiger partial charge >= 0.3 is 0 Å². The van der Waals surface area contributed by atoms with E-state index in [-0.39, 0.29) is 23.7 Å². The zero-order valence-corrected chi connectivity index (χ0v) is 17.4. The second-order valence-corrected chi connectivity index (χ2v) is 8.18. The Morgan fingerprint density at radius 1 is 1.10 bits per heavy atom. The van der Waals surface area contributed by atoms with Crippen LogP contribution in [0, 0.1) is 5.82 Å². The predicted octanol–water partition coefficient (Wildman–Crippen LogP) is 1.93. The molecule has 9 heteroatoms. The summed E-state index contributed by atoms with van der Waals surface area (Å²) in [6.45, 7) is 5.22. The van der Waals surface area contributed by atoms with Crippen LogP contribution in [-0.2, 0) is 11.3 Å². The van der Waals surface area contributed by atoms with E-state index in [9.17, 15) is 14.0 Å². The normalized spacial score (nSPS) is 14.9. The lowest BCUT2D eigenvalue weighted by atomic mass is 10.2. The molecule has 0 aliphatic carbocycles. The van der Waals surface area contributed by atoms with Crippen molar-refractivity contribution in [3.8, 4) is 0 Å². The third kappa shape index (κ3) is 4.85. The zero-order chi connectivity index (χ0) is 20.9. The van der Waals surface area contributed by atoms with E-state index in [2.05, 4.69) is 20.1 Å². The number of thiophene rings is 1. The van der Waals surface area contributed by atoms with E-state index in [1.165, 1.54) is 34.4 Å². The molecule has 4 rings (SSSR count). The van der Waals surface area contributed by atoms with Gasteiger partial charge in [-0.25, -0.2) is 9.37 Å². The number of nitrogens with one attached hydrogen (secondary N) is 1. The topological polar surface area (TPSA) is 70.5 Å². The van der Waals surface area contributed by atoms with Crippen molar-refractivity contribution in [3.63, 3.8) is 0 Å². The molecule has 1 aromatic carbocycles. The molecule has 1 fully saturated rings. The molecular formula is C21H24FN5O2S. The maximum absolute atomic E-state index is 13.1. The first-order chi connectivity index (χ1) is 14.6. The number of halogens is 1. The van der Waals surface area contributed by atoms with Gasteiger partial charge in [0, 0.05) is 57.9 Å². The number of amides is 1. The SMILES string of the molecule is O=C(CCn1cnc2sccc2c1=O)NCCN1CCN(c2ccc(F)cc2)CC1. The number of piperazine rings is 1. The first-order valence-electron chi connectivity index (χ1n) is 10.0. The monoisotopic (exact) mass is 429 g/mol. The van der Waals surface area contributed by atoms with E-state index in [0.29, 0.717) is 18.5 Å². The van der Waals surface area contributed by atoms with Crippen LogP contribution in [-0.4, -0.2) is 59.6 Å². The Labute approximate surface area is 177 Å². The summed E-state index contributed by atoms with van der Waals surface area (Å²) in [4.78, 5) is 34.0. The summed E-state index contributed by atoms with van der Waals surface area (Å²) >= 11 is 1.43. The predicted molar refractivity (Wildman–Crippen MR) is 117 cm³/mol. The Bertz CT molecular complexity index is 1060. The van der Waals surface area contributed by atoms with Crippen molar-refractivity contribution in [1.29, 1.82) is 0 Å². The van der Waals surface area contributed by atoms with Crippen LogP contribution in [0.4, 0.5) is 10.1 Å². The molecule has 1 aliphatic rings. The highest BCUT2D eigenvalue weighted by molar-refractivity contribution is 7.16. The number of hydrogen-bond acceptors (Lipinski definition) is 6. The smallest absolute Gasteiger partial charge is 0.262 e. The van der Waals surface area contributed by atoms with Gasteiger partial charge in [-0.1, -0.05) is 0 Å². The number of carbonyl (C=O) groups excluding carboxylic acids is 1. The number of rotatable bonds is 7. The number of hydrogen-bond donors (Lipinski definition) is 1. The van der Waals surface area contributed by atoms with Gasteiger partial charge in [0.05, 0.1) is 11.7 Å². The Kier molecular flexibility index (Phi) is 6.39. The Morgan fingerprint density at radius 2 is 1.87 bits per heavy atom. The highest BCUT2D eigenvalue weighted by Crippen LogP contribution is 2.16. The molecule has 0 bridgehead atoms. The number of nitrogens with zero attached hydrogens (tertiary/aromatic N) is 4. The van der Waals surface area contributed by atoms with Crippen LogP contribution in [0.2, 0.25) is 0 Å². The van der Waals surface area contributed by atoms with Crippen molar-refractivity contribution >= 4 is 33.1 Å². The van der Waals surface area contributed by atoms with Gasteiger partial charge in [-0.05, 0) is 35.7 Å². The molecule has 1 N–H and O–H groups in total. The maximum atomic E-state index is 13.1. The second-order valence-electron chi connectivity index (χ2n) is 7.29. The third-order valence-corrected chi connectivity index (χ3v) is 6.17. The number of carbonyl (C=O) groups is 1. The molecule has 3 aromatic rings. The van der Waals surface area contributed by atoms with Gasteiger partial charge in [0.1, 0.15) is 10.6 Å². The van der Waals surface area contributed by atoms with Gasteiger partial charge in [0.15, 0.2) is 0 Å². The molecule has 0 unspecified atom stereocenters. The Morgan fingerprint density at radius 3 is 2.63 bits per heavy atom. The minimum Gasteiger partial charge on any atom is -0.369 e. The first kappa shape index (κ1) is 20.5. The van der Waals surface area contributed by atoms with Crippen LogP contribution in [0.3, 0.4) is 0 Å². The summed E-state index contributed by atoms with van der Waals surface area (Å²) in [5.74, 6) is -0.293. The fourth-order valence-corrected chi connectivity index (χ4v) is 4.32. The molecule has 0 spiro atoms. The van der Waals surface area contributed by atoms with Crippen LogP contribution >= 0.6 is 11.3 Å². The van der Waals surface area contributed by atoms with E-state index < -0.39 is 0 Å². The minimum atomic E-state index is -0.221. The molecule has 1 amide bonds. The largest absolute Gasteiger partial charge is 0.369 e. The molecule has 1 saturated heterocycles. The van der Waals surface area contributed by atoms with Crippen molar-refractivity contribution in [1.82, 2.24) is 19.8 Å². The summed E-state index contributed by atoms with van der Waals surface area (Å²) in [6.07, 6.45) is 1.75. The van der Waals surface area contributed by atoms with Gasteiger partial charge in [0.25, 0.3) is 5.56 Å². The number of aromatic nitrogens is 2. The molecule has 1 aliphatic heterocycles. The first-order valence-corrected chi connectivity index (χ1v) is 10.9. The zero-order valence-electron chi connectivity index (χ0n) is 16.6. The summed E-state index contributed by atoms with van der Waals surface area (Å²) in [5.41, 5.74) is 0.933. The summed E-state index contributed by atoms with van der Waals surface area (Å²) < 4.78 is 14.5. The molecular weight excluding hydrogens is 405 g/mol. The summed E-state index contributed by atoms with van der Waals surface area (Å²) in [5, 5.41) is 5.37. The van der Waals surface area contributed by atoms with Gasteiger partial charge in [-0.3, -0.25) is 19.1 Å². The van der Waals surface area contributed by atoms with Crippen molar-refractivity contribution in [2.45, 2.75) is 13.0 Å². The van der Waals surface area contributed by atoms with Gasteiger partial charge in [-0.15, -0.1) is 11.3 Å². The average molecular weight is 430 g/mol. The van der Waals surface area contributed by atoms with Crippen LogP contribution in [0.1, 0.15) is 6.42 Å². The highest BCUT2D eigenvalue weighted by Gasteiger charge is 2.17. The molecule has 0 saturated carbocycles. The molecule has 158 valence electrons.